The van der Waals surface area contributed by atoms with Gasteiger partial charge in [0, 0.05) is 31.3 Å². The molecule has 20 heavy (non-hydrogen) atoms. The number of rotatable bonds is 6. The quantitative estimate of drug-likeness (QED) is 0.853. The van der Waals surface area contributed by atoms with Gasteiger partial charge in [0.05, 0.1) is 6.04 Å². The first-order valence-electron chi connectivity index (χ1n) is 6.36. The van der Waals surface area contributed by atoms with Gasteiger partial charge in [-0.15, -0.1) is 11.3 Å². The highest BCUT2D eigenvalue weighted by molar-refractivity contribution is 7.11. The second-order valence-electron chi connectivity index (χ2n) is 4.41. The van der Waals surface area contributed by atoms with Gasteiger partial charge < -0.3 is 15.4 Å². The van der Waals surface area contributed by atoms with Crippen LogP contribution in [0.2, 0.25) is 0 Å². The smallest absolute Gasteiger partial charge is 0.158 e. The fourth-order valence-electron chi connectivity index (χ4n) is 1.75. The summed E-state index contributed by atoms with van der Waals surface area (Å²) in [4.78, 5) is 14.3. The molecule has 2 rings (SSSR count). The Bertz CT molecular complexity index is 572. The molecule has 1 atom stereocenters. The van der Waals surface area contributed by atoms with Crippen LogP contribution in [0.15, 0.2) is 12.3 Å². The van der Waals surface area contributed by atoms with E-state index in [1.54, 1.807) is 18.4 Å². The van der Waals surface area contributed by atoms with Gasteiger partial charge in [-0.2, -0.15) is 0 Å². The van der Waals surface area contributed by atoms with Crippen molar-refractivity contribution in [2.24, 2.45) is 0 Å². The Morgan fingerprint density at radius 3 is 2.70 bits per heavy atom. The maximum absolute atomic E-state index is 5.08. The zero-order valence-electron chi connectivity index (χ0n) is 12.1. The minimum absolute atomic E-state index is 0.101. The molecule has 2 heterocycles. The number of hydrogen-bond donors (Lipinski definition) is 2. The van der Waals surface area contributed by atoms with E-state index < -0.39 is 0 Å². The van der Waals surface area contributed by atoms with Gasteiger partial charge in [-0.1, -0.05) is 0 Å². The van der Waals surface area contributed by atoms with Gasteiger partial charge in [-0.3, -0.25) is 0 Å². The molecule has 7 heteroatoms. The molecule has 0 radical (unpaired) electrons. The lowest BCUT2D eigenvalue weighted by atomic mass is 10.3. The first kappa shape index (κ1) is 14.7. The number of thiazole rings is 1. The molecule has 0 fully saturated rings. The van der Waals surface area contributed by atoms with Gasteiger partial charge >= 0.3 is 0 Å². The zero-order chi connectivity index (χ0) is 14.5. The van der Waals surface area contributed by atoms with Crippen LogP contribution in [0.25, 0.3) is 0 Å². The average molecular weight is 293 g/mol. The molecule has 0 aliphatic carbocycles. The van der Waals surface area contributed by atoms with Crippen LogP contribution in [0.3, 0.4) is 0 Å². The number of anilines is 2. The van der Waals surface area contributed by atoms with Crippen LogP contribution in [0.4, 0.5) is 11.6 Å². The normalized spacial score (nSPS) is 12.2. The SMILES string of the molecule is CNc1cc(NC(C)c2ncc(C)s2)nc(COC)n1. The highest BCUT2D eigenvalue weighted by Gasteiger charge is 2.11. The van der Waals surface area contributed by atoms with Crippen molar-refractivity contribution in [2.45, 2.75) is 26.5 Å². The second kappa shape index (κ2) is 6.62. The molecule has 0 saturated carbocycles. The van der Waals surface area contributed by atoms with Gasteiger partial charge in [0.1, 0.15) is 23.3 Å². The summed E-state index contributed by atoms with van der Waals surface area (Å²) < 4.78 is 5.08. The highest BCUT2D eigenvalue weighted by atomic mass is 32.1. The third-order valence-electron chi connectivity index (χ3n) is 2.68. The fraction of sp³-hybridized carbons (Fsp3) is 0.462. The molecule has 0 spiro atoms. The van der Waals surface area contributed by atoms with Crippen molar-refractivity contribution in [3.63, 3.8) is 0 Å². The highest BCUT2D eigenvalue weighted by Crippen LogP contribution is 2.23. The van der Waals surface area contributed by atoms with Crippen LogP contribution in [0, 0.1) is 6.92 Å². The van der Waals surface area contributed by atoms with Crippen LogP contribution in [0.5, 0.6) is 0 Å². The van der Waals surface area contributed by atoms with Crippen molar-refractivity contribution in [3.8, 4) is 0 Å². The van der Waals surface area contributed by atoms with E-state index in [4.69, 9.17) is 4.74 Å². The Morgan fingerprint density at radius 2 is 2.10 bits per heavy atom. The van der Waals surface area contributed by atoms with Crippen LogP contribution in [-0.4, -0.2) is 29.1 Å². The Morgan fingerprint density at radius 1 is 1.35 bits per heavy atom. The van der Waals surface area contributed by atoms with Crippen LogP contribution >= 0.6 is 11.3 Å². The molecule has 1 unspecified atom stereocenters. The molecule has 2 aromatic heterocycles. The van der Waals surface area contributed by atoms with E-state index in [0.717, 1.165) is 16.6 Å². The van der Waals surface area contributed by atoms with E-state index in [2.05, 4.69) is 32.5 Å². The predicted octanol–water partition coefficient (Wildman–Crippen LogP) is 2.60. The second-order valence-corrected chi connectivity index (χ2v) is 5.68. The van der Waals surface area contributed by atoms with Crippen molar-refractivity contribution in [1.82, 2.24) is 15.0 Å². The summed E-state index contributed by atoms with van der Waals surface area (Å²) in [5, 5.41) is 7.41. The molecule has 2 aromatic rings. The summed E-state index contributed by atoms with van der Waals surface area (Å²) in [5.74, 6) is 2.16. The van der Waals surface area contributed by atoms with Crippen molar-refractivity contribution in [1.29, 1.82) is 0 Å². The maximum atomic E-state index is 5.08. The van der Waals surface area contributed by atoms with Gasteiger partial charge in [-0.25, -0.2) is 15.0 Å². The number of aromatic nitrogens is 3. The van der Waals surface area contributed by atoms with E-state index in [0.29, 0.717) is 12.4 Å². The Balaban J connectivity index is 2.17. The van der Waals surface area contributed by atoms with Crippen LogP contribution in [0.1, 0.15) is 28.7 Å². The number of nitrogens with one attached hydrogen (secondary N) is 2. The van der Waals surface area contributed by atoms with Crippen molar-refractivity contribution < 1.29 is 4.74 Å². The zero-order valence-corrected chi connectivity index (χ0v) is 12.9. The van der Waals surface area contributed by atoms with E-state index >= 15 is 0 Å². The topological polar surface area (TPSA) is 72.0 Å². The number of aryl methyl sites for hydroxylation is 1. The molecule has 6 nitrogen and oxygen atoms in total. The number of methoxy groups -OCH3 is 1. The largest absolute Gasteiger partial charge is 0.377 e. The van der Waals surface area contributed by atoms with Crippen molar-refractivity contribution >= 4 is 23.0 Å². The molecule has 2 N–H and O–H groups in total. The first-order valence-corrected chi connectivity index (χ1v) is 7.17. The lowest BCUT2D eigenvalue weighted by Crippen LogP contribution is -2.10. The third-order valence-corrected chi connectivity index (χ3v) is 3.77. The predicted molar refractivity (Wildman–Crippen MR) is 81.2 cm³/mol. The van der Waals surface area contributed by atoms with Gasteiger partial charge in [-0.05, 0) is 13.8 Å². The molecule has 0 aliphatic heterocycles. The average Bonchev–Trinajstić information content (AvgIpc) is 2.85. The minimum Gasteiger partial charge on any atom is -0.377 e. The minimum atomic E-state index is 0.101. The molecule has 0 amide bonds. The van der Waals surface area contributed by atoms with Crippen LogP contribution in [-0.2, 0) is 11.3 Å². The lowest BCUT2D eigenvalue weighted by Gasteiger charge is -2.13. The van der Waals surface area contributed by atoms with Gasteiger partial charge in [0.25, 0.3) is 0 Å². The number of nitrogens with zero attached hydrogens (tertiary/aromatic N) is 3. The molecular formula is C13H19N5OS. The van der Waals surface area contributed by atoms with E-state index in [9.17, 15) is 0 Å². The van der Waals surface area contributed by atoms with E-state index in [1.165, 1.54) is 4.88 Å². The first-order chi connectivity index (χ1) is 9.62. The molecule has 108 valence electrons. The van der Waals surface area contributed by atoms with E-state index in [1.807, 2.05) is 26.2 Å². The number of ether oxygens (including phenoxy) is 1. The summed E-state index contributed by atoms with van der Waals surface area (Å²) in [6.07, 6.45) is 1.88. The summed E-state index contributed by atoms with van der Waals surface area (Å²) in [6.45, 7) is 4.50. The summed E-state index contributed by atoms with van der Waals surface area (Å²) in [6, 6.07) is 1.97. The summed E-state index contributed by atoms with van der Waals surface area (Å²) >= 11 is 1.68. The standard InChI is InChI=1S/C13H19N5OS/c1-8-6-15-13(20-8)9(2)16-11-5-10(14-3)17-12(18-11)7-19-4/h5-6,9H,7H2,1-4H3,(H2,14,16,17,18). The fourth-order valence-corrected chi connectivity index (χ4v) is 2.53. The maximum Gasteiger partial charge on any atom is 0.158 e. The molecular weight excluding hydrogens is 274 g/mol. The van der Waals surface area contributed by atoms with Gasteiger partial charge in [0.15, 0.2) is 5.82 Å². The van der Waals surface area contributed by atoms with Crippen molar-refractivity contribution in [2.75, 3.05) is 24.8 Å². The molecule has 0 aliphatic rings. The Hall–Kier alpha value is -1.73. The van der Waals surface area contributed by atoms with Gasteiger partial charge in [0.2, 0.25) is 0 Å². The van der Waals surface area contributed by atoms with E-state index in [-0.39, 0.29) is 6.04 Å². The lowest BCUT2D eigenvalue weighted by molar-refractivity contribution is 0.178. The Labute approximate surface area is 122 Å². The van der Waals surface area contributed by atoms with Crippen LogP contribution < -0.4 is 10.6 Å². The molecule has 0 aromatic carbocycles. The summed E-state index contributed by atoms with van der Waals surface area (Å²) in [5.41, 5.74) is 0. The summed E-state index contributed by atoms with van der Waals surface area (Å²) in [7, 11) is 3.46. The van der Waals surface area contributed by atoms with Crippen molar-refractivity contribution in [3.05, 3.63) is 28.0 Å². The monoisotopic (exact) mass is 293 g/mol. The molecule has 0 saturated heterocycles. The Kier molecular flexibility index (Phi) is 4.86. The third kappa shape index (κ3) is 3.64. The number of hydrogen-bond acceptors (Lipinski definition) is 7. The molecule has 0 bridgehead atoms.